The maximum Gasteiger partial charge on any atom is 0.191 e. The lowest BCUT2D eigenvalue weighted by Gasteiger charge is -2.13. The highest BCUT2D eigenvalue weighted by molar-refractivity contribution is 7.98. The molecule has 0 fully saturated rings. The first-order valence-corrected chi connectivity index (χ1v) is 11.7. The van der Waals surface area contributed by atoms with Crippen LogP contribution in [0.4, 0.5) is 0 Å². The predicted octanol–water partition coefficient (Wildman–Crippen LogP) is 6.12. The van der Waals surface area contributed by atoms with Crippen LogP contribution in [0.3, 0.4) is 0 Å². The number of para-hydroxylation sites is 1. The van der Waals surface area contributed by atoms with Crippen molar-refractivity contribution in [3.05, 3.63) is 95.3 Å². The number of nitrogens with zero attached hydrogens (tertiary/aromatic N) is 3. The number of hydrogen-bond acceptors (Lipinski definition) is 5. The van der Waals surface area contributed by atoms with E-state index in [4.69, 9.17) is 21.1 Å². The summed E-state index contributed by atoms with van der Waals surface area (Å²) in [6.45, 7) is 1.52. The molecule has 3 aromatic carbocycles. The molecular weight excluding hydrogens is 442 g/mol. The van der Waals surface area contributed by atoms with Gasteiger partial charge in [-0.3, -0.25) is 0 Å². The molecule has 0 aliphatic rings. The third kappa shape index (κ3) is 5.51. The second-order valence-corrected chi connectivity index (χ2v) is 8.42. The van der Waals surface area contributed by atoms with Crippen molar-refractivity contribution >= 4 is 23.4 Å². The van der Waals surface area contributed by atoms with Gasteiger partial charge in [-0.25, -0.2) is 0 Å². The van der Waals surface area contributed by atoms with Gasteiger partial charge in [-0.05, 0) is 23.3 Å². The number of aromatic nitrogens is 3. The van der Waals surface area contributed by atoms with Crippen molar-refractivity contribution in [2.45, 2.75) is 24.1 Å². The van der Waals surface area contributed by atoms with Gasteiger partial charge in [0.05, 0.1) is 6.61 Å². The van der Waals surface area contributed by atoms with Gasteiger partial charge in [0, 0.05) is 30.0 Å². The maximum atomic E-state index is 6.31. The van der Waals surface area contributed by atoms with E-state index in [1.165, 1.54) is 0 Å². The van der Waals surface area contributed by atoms with E-state index in [1.807, 2.05) is 60.7 Å². The van der Waals surface area contributed by atoms with E-state index >= 15 is 0 Å². The Bertz CT molecular complexity index is 1150. The first kappa shape index (κ1) is 22.4. The quantitative estimate of drug-likeness (QED) is 0.264. The molecule has 0 aliphatic carbocycles. The average Bonchev–Trinajstić information content (AvgIpc) is 3.23. The Morgan fingerprint density at radius 2 is 1.66 bits per heavy atom. The molecule has 0 N–H and O–H groups in total. The third-order valence-corrected chi connectivity index (χ3v) is 6.34. The van der Waals surface area contributed by atoms with Crippen LogP contribution in [0, 0.1) is 0 Å². The van der Waals surface area contributed by atoms with Crippen LogP contribution in [0.15, 0.2) is 84.0 Å². The summed E-state index contributed by atoms with van der Waals surface area (Å²) in [5.41, 5.74) is 3.22. The lowest BCUT2D eigenvalue weighted by Crippen LogP contribution is -2.12. The van der Waals surface area contributed by atoms with Crippen LogP contribution >= 0.6 is 23.4 Å². The van der Waals surface area contributed by atoms with E-state index in [9.17, 15) is 0 Å². The Morgan fingerprint density at radius 1 is 0.906 bits per heavy atom. The summed E-state index contributed by atoms with van der Waals surface area (Å²) >= 11 is 7.91. The summed E-state index contributed by atoms with van der Waals surface area (Å²) in [6.07, 6.45) is 0. The zero-order valence-corrected chi connectivity index (χ0v) is 19.4. The maximum absolute atomic E-state index is 6.31. The predicted molar refractivity (Wildman–Crippen MR) is 129 cm³/mol. The molecular formula is C25H24ClN3O2S. The number of rotatable bonds is 10. The summed E-state index contributed by atoms with van der Waals surface area (Å²) in [7, 11) is 1.69. The number of hydrogen-bond donors (Lipinski definition) is 0. The van der Waals surface area contributed by atoms with E-state index in [1.54, 1.807) is 18.9 Å². The first-order chi connectivity index (χ1) is 15.8. The third-order valence-electron chi connectivity index (χ3n) is 4.96. The van der Waals surface area contributed by atoms with Crippen molar-refractivity contribution in [3.63, 3.8) is 0 Å². The molecule has 5 nitrogen and oxygen atoms in total. The first-order valence-electron chi connectivity index (χ1n) is 10.3. The highest BCUT2D eigenvalue weighted by Gasteiger charge is 2.15. The summed E-state index contributed by atoms with van der Waals surface area (Å²) in [6, 6.07) is 26.1. The van der Waals surface area contributed by atoms with Crippen molar-refractivity contribution in [2.75, 3.05) is 13.7 Å². The van der Waals surface area contributed by atoms with E-state index < -0.39 is 0 Å². The van der Waals surface area contributed by atoms with Gasteiger partial charge in [-0.1, -0.05) is 90.1 Å². The van der Waals surface area contributed by atoms with Gasteiger partial charge >= 0.3 is 0 Å². The number of benzene rings is 3. The van der Waals surface area contributed by atoms with Gasteiger partial charge in [0.25, 0.3) is 0 Å². The molecule has 1 aromatic heterocycles. The minimum atomic E-state index is 0.313. The van der Waals surface area contributed by atoms with Crippen LogP contribution in [0.1, 0.15) is 11.4 Å². The van der Waals surface area contributed by atoms with Crippen molar-refractivity contribution in [1.82, 2.24) is 14.8 Å². The summed E-state index contributed by atoms with van der Waals surface area (Å²) in [4.78, 5) is 0. The number of halogens is 1. The number of thioether (sulfide) groups is 1. The fourth-order valence-electron chi connectivity index (χ4n) is 3.29. The minimum absolute atomic E-state index is 0.313. The van der Waals surface area contributed by atoms with Crippen molar-refractivity contribution in [3.8, 4) is 16.9 Å². The molecule has 0 saturated carbocycles. The highest BCUT2D eigenvalue weighted by atomic mass is 35.5. The Kier molecular flexibility index (Phi) is 7.82. The molecule has 0 amide bonds. The van der Waals surface area contributed by atoms with Crippen LogP contribution in [-0.4, -0.2) is 28.5 Å². The number of methoxy groups -OCH3 is 1. The molecule has 0 spiro atoms. The molecule has 4 aromatic rings. The largest absolute Gasteiger partial charge is 0.485 e. The van der Waals surface area contributed by atoms with Crippen molar-refractivity contribution in [2.24, 2.45) is 0 Å². The second kappa shape index (κ2) is 11.2. The van der Waals surface area contributed by atoms with Gasteiger partial charge in [0.2, 0.25) is 0 Å². The monoisotopic (exact) mass is 465 g/mol. The molecule has 0 atom stereocenters. The van der Waals surface area contributed by atoms with Crippen LogP contribution in [-0.2, 0) is 23.6 Å². The molecule has 7 heteroatoms. The summed E-state index contributed by atoms with van der Waals surface area (Å²) < 4.78 is 13.5. The smallest absolute Gasteiger partial charge is 0.191 e. The van der Waals surface area contributed by atoms with E-state index in [2.05, 4.69) is 33.0 Å². The highest BCUT2D eigenvalue weighted by Crippen LogP contribution is 2.31. The normalized spacial score (nSPS) is 10.9. The molecule has 0 bridgehead atoms. The SMILES string of the molecule is COCCn1c(COc2ccccc2-c2ccccc2)nnc1SCc1ccccc1Cl. The van der Waals surface area contributed by atoms with E-state index in [-0.39, 0.29) is 0 Å². The van der Waals surface area contributed by atoms with E-state index in [0.29, 0.717) is 25.5 Å². The van der Waals surface area contributed by atoms with Crippen LogP contribution in [0.5, 0.6) is 5.75 Å². The van der Waals surface area contributed by atoms with Crippen LogP contribution < -0.4 is 4.74 Å². The van der Waals surface area contributed by atoms with Gasteiger partial charge in [0.1, 0.15) is 12.4 Å². The molecule has 4 rings (SSSR count). The molecule has 0 saturated heterocycles. The molecule has 32 heavy (non-hydrogen) atoms. The fraction of sp³-hybridized carbons (Fsp3) is 0.200. The Morgan fingerprint density at radius 3 is 2.47 bits per heavy atom. The zero-order valence-electron chi connectivity index (χ0n) is 17.8. The standard InChI is InChI=1S/C25H24ClN3O2S/c1-30-16-15-29-24(27-28-25(29)32-18-20-11-5-7-13-22(20)26)17-31-23-14-8-6-12-21(23)19-9-3-2-4-10-19/h2-14H,15-18H2,1H3. The van der Waals surface area contributed by atoms with Crippen molar-refractivity contribution in [1.29, 1.82) is 0 Å². The zero-order chi connectivity index (χ0) is 22.2. The minimum Gasteiger partial charge on any atom is -0.485 e. The topological polar surface area (TPSA) is 49.2 Å². The fourth-order valence-corrected chi connectivity index (χ4v) is 4.56. The summed E-state index contributed by atoms with van der Waals surface area (Å²) in [5, 5.41) is 10.4. The Hall–Kier alpha value is -2.80. The lowest BCUT2D eigenvalue weighted by molar-refractivity contribution is 0.181. The van der Waals surface area contributed by atoms with E-state index in [0.717, 1.165) is 38.4 Å². The number of ether oxygens (including phenoxy) is 2. The Balaban J connectivity index is 1.51. The second-order valence-electron chi connectivity index (χ2n) is 7.07. The summed E-state index contributed by atoms with van der Waals surface area (Å²) in [5.74, 6) is 2.28. The van der Waals surface area contributed by atoms with Crippen LogP contribution in [0.2, 0.25) is 5.02 Å². The Labute approximate surface area is 197 Å². The molecule has 1 heterocycles. The molecule has 0 aliphatic heterocycles. The van der Waals surface area contributed by atoms with Gasteiger partial charge in [0.15, 0.2) is 11.0 Å². The molecule has 164 valence electrons. The van der Waals surface area contributed by atoms with Crippen LogP contribution in [0.25, 0.3) is 11.1 Å². The van der Waals surface area contributed by atoms with Crippen molar-refractivity contribution < 1.29 is 9.47 Å². The van der Waals surface area contributed by atoms with Gasteiger partial charge in [-0.15, -0.1) is 10.2 Å². The lowest BCUT2D eigenvalue weighted by atomic mass is 10.1. The van der Waals surface area contributed by atoms with Gasteiger partial charge < -0.3 is 14.0 Å². The van der Waals surface area contributed by atoms with Gasteiger partial charge in [-0.2, -0.15) is 0 Å². The average molecular weight is 466 g/mol. The molecule has 0 unspecified atom stereocenters. The molecule has 0 radical (unpaired) electrons.